The molecule has 0 aromatic carbocycles. The van der Waals surface area contributed by atoms with Crippen LogP contribution in [0.3, 0.4) is 0 Å². The molecule has 2 N–H and O–H groups in total. The minimum Gasteiger partial charge on any atom is -0.396 e. The number of aliphatic hydroxyl groups is 2. The standard InChI is InChI=1S/C15H28N2O2/c1-4-8-15(11-18,12-19)10-13-7-9-17(16-13)14(5-2)6-3/h7,9,14,18-19H,4-6,8,10-12H2,1-3H3. The maximum atomic E-state index is 9.58. The molecule has 0 saturated heterocycles. The molecule has 0 spiro atoms. The van der Waals surface area contributed by atoms with Gasteiger partial charge in [0, 0.05) is 18.0 Å². The Balaban J connectivity index is 2.80. The lowest BCUT2D eigenvalue weighted by Gasteiger charge is -2.28. The number of aliphatic hydroxyl groups excluding tert-OH is 2. The molecule has 0 bridgehead atoms. The maximum absolute atomic E-state index is 9.58. The Kier molecular flexibility index (Phi) is 6.52. The topological polar surface area (TPSA) is 58.3 Å². The number of hydrogen-bond acceptors (Lipinski definition) is 3. The van der Waals surface area contributed by atoms with Crippen LogP contribution in [0.1, 0.15) is 58.2 Å². The fourth-order valence-corrected chi connectivity index (χ4v) is 2.66. The summed E-state index contributed by atoms with van der Waals surface area (Å²) in [6.07, 6.45) is 6.56. The number of aromatic nitrogens is 2. The smallest absolute Gasteiger partial charge is 0.0632 e. The molecule has 1 rings (SSSR count). The molecule has 0 aliphatic heterocycles. The lowest BCUT2D eigenvalue weighted by Crippen LogP contribution is -2.32. The second kappa shape index (κ2) is 7.65. The van der Waals surface area contributed by atoms with Crippen molar-refractivity contribution >= 4 is 0 Å². The van der Waals surface area contributed by atoms with E-state index in [4.69, 9.17) is 0 Å². The molecule has 4 nitrogen and oxygen atoms in total. The third-order valence-electron chi connectivity index (χ3n) is 3.99. The van der Waals surface area contributed by atoms with E-state index in [1.54, 1.807) is 0 Å². The fraction of sp³-hybridized carbons (Fsp3) is 0.800. The first-order valence-corrected chi connectivity index (χ1v) is 7.40. The summed E-state index contributed by atoms with van der Waals surface area (Å²) in [6, 6.07) is 2.45. The summed E-state index contributed by atoms with van der Waals surface area (Å²) in [5, 5.41) is 23.8. The lowest BCUT2D eigenvalue weighted by molar-refractivity contribution is 0.0456. The van der Waals surface area contributed by atoms with Gasteiger partial charge in [-0.25, -0.2) is 0 Å². The predicted octanol–water partition coefficient (Wildman–Crippen LogP) is 2.56. The molecule has 0 aliphatic carbocycles. The van der Waals surface area contributed by atoms with Crippen molar-refractivity contribution in [2.45, 2.75) is 58.9 Å². The summed E-state index contributed by atoms with van der Waals surface area (Å²) in [7, 11) is 0. The highest BCUT2D eigenvalue weighted by molar-refractivity contribution is 5.04. The van der Waals surface area contributed by atoms with Crippen LogP contribution in [0.4, 0.5) is 0 Å². The van der Waals surface area contributed by atoms with Gasteiger partial charge in [0.25, 0.3) is 0 Å². The van der Waals surface area contributed by atoms with Gasteiger partial charge in [-0.15, -0.1) is 0 Å². The molecule has 4 heteroatoms. The minimum atomic E-state index is -0.429. The molecule has 0 saturated carbocycles. The van der Waals surface area contributed by atoms with Crippen molar-refractivity contribution in [1.29, 1.82) is 0 Å². The normalized spacial score (nSPS) is 12.3. The first kappa shape index (κ1) is 16.2. The van der Waals surface area contributed by atoms with Crippen LogP contribution in [-0.2, 0) is 6.42 Å². The molecule has 0 aliphatic rings. The van der Waals surface area contributed by atoms with Crippen LogP contribution in [0.25, 0.3) is 0 Å². The maximum Gasteiger partial charge on any atom is 0.0632 e. The molecule has 0 atom stereocenters. The summed E-state index contributed by atoms with van der Waals surface area (Å²) in [6.45, 7) is 6.42. The quantitative estimate of drug-likeness (QED) is 0.723. The largest absolute Gasteiger partial charge is 0.396 e. The van der Waals surface area contributed by atoms with Crippen LogP contribution in [0.2, 0.25) is 0 Å². The second-order valence-corrected chi connectivity index (χ2v) is 5.50. The summed E-state index contributed by atoms with van der Waals surface area (Å²) in [5.74, 6) is 0. The van der Waals surface area contributed by atoms with E-state index in [0.717, 1.165) is 31.4 Å². The van der Waals surface area contributed by atoms with Gasteiger partial charge in [-0.2, -0.15) is 5.10 Å². The van der Waals surface area contributed by atoms with Crippen LogP contribution in [-0.4, -0.2) is 33.2 Å². The van der Waals surface area contributed by atoms with Gasteiger partial charge in [0.1, 0.15) is 0 Å². The van der Waals surface area contributed by atoms with Crippen LogP contribution in [0.15, 0.2) is 12.3 Å². The third kappa shape index (κ3) is 4.05. The van der Waals surface area contributed by atoms with Crippen molar-refractivity contribution in [3.8, 4) is 0 Å². The van der Waals surface area contributed by atoms with Gasteiger partial charge >= 0.3 is 0 Å². The van der Waals surface area contributed by atoms with Crippen molar-refractivity contribution in [3.05, 3.63) is 18.0 Å². The Morgan fingerprint density at radius 2 is 1.84 bits per heavy atom. The lowest BCUT2D eigenvalue weighted by atomic mass is 9.81. The van der Waals surface area contributed by atoms with E-state index in [9.17, 15) is 10.2 Å². The van der Waals surface area contributed by atoms with Gasteiger partial charge in [0.15, 0.2) is 0 Å². The molecule has 0 radical (unpaired) electrons. The van der Waals surface area contributed by atoms with Crippen molar-refractivity contribution in [2.24, 2.45) is 5.41 Å². The van der Waals surface area contributed by atoms with Gasteiger partial charge in [-0.1, -0.05) is 27.2 Å². The SMILES string of the molecule is CCCC(CO)(CO)Cc1ccn(C(CC)CC)n1. The third-order valence-corrected chi connectivity index (χ3v) is 3.99. The fourth-order valence-electron chi connectivity index (χ4n) is 2.66. The Hall–Kier alpha value is -0.870. The van der Waals surface area contributed by atoms with Gasteiger partial charge in [0.2, 0.25) is 0 Å². The highest BCUT2D eigenvalue weighted by atomic mass is 16.3. The molecular weight excluding hydrogens is 240 g/mol. The predicted molar refractivity (Wildman–Crippen MR) is 77.1 cm³/mol. The zero-order valence-electron chi connectivity index (χ0n) is 12.5. The highest BCUT2D eigenvalue weighted by Crippen LogP contribution is 2.27. The number of rotatable bonds is 9. The van der Waals surface area contributed by atoms with Gasteiger partial charge in [-0.05, 0) is 25.3 Å². The monoisotopic (exact) mass is 268 g/mol. The molecule has 1 aromatic heterocycles. The highest BCUT2D eigenvalue weighted by Gasteiger charge is 2.29. The molecule has 1 heterocycles. The summed E-state index contributed by atoms with van der Waals surface area (Å²) >= 11 is 0. The zero-order valence-corrected chi connectivity index (χ0v) is 12.5. The first-order valence-electron chi connectivity index (χ1n) is 7.40. The molecule has 0 fully saturated rings. The van der Waals surface area contributed by atoms with E-state index in [1.165, 1.54) is 0 Å². The number of nitrogens with zero attached hydrogens (tertiary/aromatic N) is 2. The molecular formula is C15H28N2O2. The van der Waals surface area contributed by atoms with E-state index >= 15 is 0 Å². The average Bonchev–Trinajstić information content (AvgIpc) is 2.88. The molecule has 1 aromatic rings. The van der Waals surface area contributed by atoms with E-state index in [1.807, 2.05) is 16.9 Å². The Bertz CT molecular complexity index is 355. The van der Waals surface area contributed by atoms with Gasteiger partial charge < -0.3 is 10.2 Å². The van der Waals surface area contributed by atoms with Crippen LogP contribution < -0.4 is 0 Å². The van der Waals surface area contributed by atoms with Gasteiger partial charge in [-0.3, -0.25) is 4.68 Å². The van der Waals surface area contributed by atoms with Crippen molar-refractivity contribution in [3.63, 3.8) is 0 Å². The van der Waals surface area contributed by atoms with Gasteiger partial charge in [0.05, 0.1) is 24.9 Å². The van der Waals surface area contributed by atoms with Crippen molar-refractivity contribution in [1.82, 2.24) is 9.78 Å². The summed E-state index contributed by atoms with van der Waals surface area (Å²) in [4.78, 5) is 0. The average molecular weight is 268 g/mol. The zero-order chi connectivity index (χ0) is 14.3. The van der Waals surface area contributed by atoms with Crippen molar-refractivity contribution in [2.75, 3.05) is 13.2 Å². The Morgan fingerprint density at radius 1 is 1.21 bits per heavy atom. The van der Waals surface area contributed by atoms with E-state index < -0.39 is 5.41 Å². The minimum absolute atomic E-state index is 0.00911. The van der Waals surface area contributed by atoms with Crippen LogP contribution >= 0.6 is 0 Å². The molecule has 0 amide bonds. The van der Waals surface area contributed by atoms with Crippen LogP contribution in [0, 0.1) is 5.41 Å². The Morgan fingerprint density at radius 3 is 2.32 bits per heavy atom. The van der Waals surface area contributed by atoms with E-state index in [0.29, 0.717) is 12.5 Å². The first-order chi connectivity index (χ1) is 9.14. The summed E-state index contributed by atoms with van der Waals surface area (Å²) in [5.41, 5.74) is 0.533. The van der Waals surface area contributed by atoms with Crippen LogP contribution in [0.5, 0.6) is 0 Å². The summed E-state index contributed by atoms with van der Waals surface area (Å²) < 4.78 is 2.01. The Labute approximate surface area is 116 Å². The number of hydrogen-bond donors (Lipinski definition) is 2. The molecule has 110 valence electrons. The second-order valence-electron chi connectivity index (χ2n) is 5.50. The molecule has 0 unspecified atom stereocenters. The van der Waals surface area contributed by atoms with Crippen molar-refractivity contribution < 1.29 is 10.2 Å². The van der Waals surface area contributed by atoms with E-state index in [2.05, 4.69) is 25.9 Å². The molecule has 19 heavy (non-hydrogen) atoms. The van der Waals surface area contributed by atoms with E-state index in [-0.39, 0.29) is 13.2 Å².